The molecule has 0 aromatic heterocycles. The minimum Gasteiger partial charge on any atom is -0.444 e. The monoisotopic (exact) mass is 227 g/mol. The van der Waals surface area contributed by atoms with E-state index in [0.717, 1.165) is 6.42 Å². The Morgan fingerprint density at radius 2 is 2.12 bits per heavy atom. The highest BCUT2D eigenvalue weighted by Gasteiger charge is 2.32. The van der Waals surface area contributed by atoms with Crippen LogP contribution in [0.2, 0.25) is 0 Å². The van der Waals surface area contributed by atoms with Crippen LogP contribution in [0.4, 0.5) is 4.79 Å². The minimum absolute atomic E-state index is 0.0103. The molecule has 4 nitrogen and oxygen atoms in total. The zero-order chi connectivity index (χ0) is 12.3. The van der Waals surface area contributed by atoms with Gasteiger partial charge in [-0.1, -0.05) is 6.92 Å². The molecule has 1 aliphatic rings. The number of hydrogen-bond donors (Lipinski definition) is 0. The molecule has 0 spiro atoms. The number of amides is 1. The highest BCUT2D eigenvalue weighted by atomic mass is 16.6. The van der Waals surface area contributed by atoms with Crippen LogP contribution in [0.3, 0.4) is 0 Å². The summed E-state index contributed by atoms with van der Waals surface area (Å²) in [5.41, 5.74) is -0.475. The lowest BCUT2D eigenvalue weighted by molar-refractivity contribution is -0.122. The Labute approximate surface area is 96.9 Å². The van der Waals surface area contributed by atoms with Gasteiger partial charge in [0.05, 0.1) is 0 Å². The summed E-state index contributed by atoms with van der Waals surface area (Å²) < 4.78 is 5.32. The van der Waals surface area contributed by atoms with E-state index in [9.17, 15) is 9.59 Å². The second-order valence-electron chi connectivity index (χ2n) is 5.23. The molecule has 16 heavy (non-hydrogen) atoms. The highest BCUT2D eigenvalue weighted by Crippen LogP contribution is 2.20. The lowest BCUT2D eigenvalue weighted by Gasteiger charge is -2.35. The lowest BCUT2D eigenvalue weighted by atomic mass is 9.99. The van der Waals surface area contributed by atoms with Crippen LogP contribution in [-0.4, -0.2) is 35.0 Å². The number of ketones is 1. The van der Waals surface area contributed by atoms with Gasteiger partial charge in [-0.05, 0) is 27.2 Å². The molecule has 1 heterocycles. The van der Waals surface area contributed by atoms with Gasteiger partial charge in [-0.3, -0.25) is 4.79 Å². The number of nitrogens with zero attached hydrogens (tertiary/aromatic N) is 1. The summed E-state index contributed by atoms with van der Waals surface area (Å²) in [5.74, 6) is 0.242. The van der Waals surface area contributed by atoms with Gasteiger partial charge in [0.2, 0.25) is 0 Å². The van der Waals surface area contributed by atoms with Crippen molar-refractivity contribution in [3.63, 3.8) is 0 Å². The fourth-order valence-corrected chi connectivity index (χ4v) is 1.83. The third-order valence-corrected chi connectivity index (χ3v) is 2.63. The second kappa shape index (κ2) is 4.85. The van der Waals surface area contributed by atoms with Crippen molar-refractivity contribution in [3.8, 4) is 0 Å². The average Bonchev–Trinajstić information content (AvgIpc) is 2.14. The molecule has 0 unspecified atom stereocenters. The van der Waals surface area contributed by atoms with Gasteiger partial charge in [-0.15, -0.1) is 0 Å². The number of piperidine rings is 1. The molecule has 1 saturated heterocycles. The third kappa shape index (κ3) is 3.51. The lowest BCUT2D eigenvalue weighted by Crippen LogP contribution is -2.48. The Morgan fingerprint density at radius 1 is 1.50 bits per heavy atom. The van der Waals surface area contributed by atoms with Gasteiger partial charge in [-0.2, -0.15) is 0 Å². The van der Waals surface area contributed by atoms with Crippen molar-refractivity contribution in [2.75, 3.05) is 6.54 Å². The van der Waals surface area contributed by atoms with Crippen molar-refractivity contribution >= 4 is 11.9 Å². The zero-order valence-corrected chi connectivity index (χ0v) is 10.6. The van der Waals surface area contributed by atoms with Gasteiger partial charge in [0.1, 0.15) is 11.4 Å². The SMILES string of the molecule is CC[C@H]1CC(=O)CCN1C(=O)OC(C)(C)C. The van der Waals surface area contributed by atoms with Crippen molar-refractivity contribution in [2.24, 2.45) is 0 Å². The van der Waals surface area contributed by atoms with Crippen molar-refractivity contribution < 1.29 is 14.3 Å². The van der Waals surface area contributed by atoms with Crippen LogP contribution in [0, 0.1) is 0 Å². The maximum Gasteiger partial charge on any atom is 0.410 e. The minimum atomic E-state index is -0.475. The van der Waals surface area contributed by atoms with Crippen LogP contribution in [0.1, 0.15) is 47.0 Å². The smallest absolute Gasteiger partial charge is 0.410 e. The number of ether oxygens (including phenoxy) is 1. The first kappa shape index (κ1) is 13.0. The number of likely N-dealkylation sites (tertiary alicyclic amines) is 1. The fraction of sp³-hybridized carbons (Fsp3) is 0.833. The van der Waals surface area contributed by atoms with Crippen LogP contribution in [-0.2, 0) is 9.53 Å². The first-order chi connectivity index (χ1) is 7.33. The Bertz CT molecular complexity index is 280. The van der Waals surface area contributed by atoms with E-state index in [1.165, 1.54) is 0 Å². The van der Waals surface area contributed by atoms with Crippen molar-refractivity contribution in [3.05, 3.63) is 0 Å². The predicted octanol–water partition coefficient (Wildman–Crippen LogP) is 2.37. The van der Waals surface area contributed by atoms with Crippen molar-refractivity contribution in [1.82, 2.24) is 4.90 Å². The number of carbonyl (C=O) groups excluding carboxylic acids is 2. The molecule has 0 bridgehead atoms. The molecular formula is C12H21NO3. The number of rotatable bonds is 1. The molecule has 0 aliphatic carbocycles. The predicted molar refractivity (Wildman–Crippen MR) is 61.3 cm³/mol. The third-order valence-electron chi connectivity index (χ3n) is 2.63. The largest absolute Gasteiger partial charge is 0.444 e. The summed E-state index contributed by atoms with van der Waals surface area (Å²) in [6.45, 7) is 8.02. The van der Waals surface area contributed by atoms with Crippen molar-refractivity contribution in [1.29, 1.82) is 0 Å². The molecular weight excluding hydrogens is 206 g/mol. The van der Waals surface area contributed by atoms with E-state index in [0.29, 0.717) is 19.4 Å². The summed E-state index contributed by atoms with van der Waals surface area (Å²) in [5, 5.41) is 0. The van der Waals surface area contributed by atoms with E-state index in [1.807, 2.05) is 27.7 Å². The van der Waals surface area contributed by atoms with Gasteiger partial charge in [0.15, 0.2) is 0 Å². The number of hydrogen-bond acceptors (Lipinski definition) is 3. The molecule has 1 aliphatic heterocycles. The molecule has 0 radical (unpaired) electrons. The summed E-state index contributed by atoms with van der Waals surface area (Å²) in [7, 11) is 0. The standard InChI is InChI=1S/C12H21NO3/c1-5-9-8-10(14)6-7-13(9)11(15)16-12(2,3)4/h9H,5-8H2,1-4H3/t9-/m0/s1. The van der Waals surface area contributed by atoms with E-state index in [4.69, 9.17) is 4.74 Å². The first-order valence-electron chi connectivity index (χ1n) is 5.85. The summed E-state index contributed by atoms with van der Waals surface area (Å²) in [4.78, 5) is 24.9. The molecule has 1 fully saturated rings. The van der Waals surface area contributed by atoms with E-state index < -0.39 is 5.60 Å². The van der Waals surface area contributed by atoms with Gasteiger partial charge in [0, 0.05) is 25.4 Å². The Hall–Kier alpha value is -1.06. The quantitative estimate of drug-likeness (QED) is 0.691. The van der Waals surface area contributed by atoms with E-state index in [2.05, 4.69) is 0 Å². The first-order valence-corrected chi connectivity index (χ1v) is 5.85. The van der Waals surface area contributed by atoms with E-state index >= 15 is 0 Å². The summed E-state index contributed by atoms with van der Waals surface area (Å²) in [6.07, 6.45) is 1.42. The van der Waals surface area contributed by atoms with Crippen molar-refractivity contribution in [2.45, 2.75) is 58.6 Å². The Morgan fingerprint density at radius 3 is 2.62 bits per heavy atom. The molecule has 4 heteroatoms. The molecule has 92 valence electrons. The Kier molecular flexibility index (Phi) is 3.94. The van der Waals surface area contributed by atoms with E-state index in [-0.39, 0.29) is 17.9 Å². The van der Waals surface area contributed by atoms with Crippen LogP contribution >= 0.6 is 0 Å². The zero-order valence-electron chi connectivity index (χ0n) is 10.6. The average molecular weight is 227 g/mol. The molecule has 0 aromatic rings. The van der Waals surface area contributed by atoms with Crippen LogP contribution < -0.4 is 0 Å². The van der Waals surface area contributed by atoms with Crippen LogP contribution in [0.15, 0.2) is 0 Å². The maximum atomic E-state index is 11.9. The fourth-order valence-electron chi connectivity index (χ4n) is 1.83. The maximum absolute atomic E-state index is 11.9. The topological polar surface area (TPSA) is 46.6 Å². The normalized spacial score (nSPS) is 22.1. The van der Waals surface area contributed by atoms with Gasteiger partial charge >= 0.3 is 6.09 Å². The molecule has 1 rings (SSSR count). The molecule has 0 N–H and O–H groups in total. The van der Waals surface area contributed by atoms with Crippen LogP contribution in [0.5, 0.6) is 0 Å². The second-order valence-corrected chi connectivity index (χ2v) is 5.23. The van der Waals surface area contributed by atoms with Gasteiger partial charge < -0.3 is 9.64 Å². The highest BCUT2D eigenvalue weighted by molar-refractivity contribution is 5.82. The molecule has 1 atom stereocenters. The molecule has 1 amide bonds. The Balaban J connectivity index is 2.64. The summed E-state index contributed by atoms with van der Waals surface area (Å²) in [6, 6.07) is 0.0103. The number of carbonyl (C=O) groups is 2. The number of Topliss-reactive ketones (excluding diaryl/α,β-unsaturated/α-hetero) is 1. The van der Waals surface area contributed by atoms with Crippen LogP contribution in [0.25, 0.3) is 0 Å². The summed E-state index contributed by atoms with van der Waals surface area (Å²) >= 11 is 0. The van der Waals surface area contributed by atoms with E-state index in [1.54, 1.807) is 4.90 Å². The molecule has 0 saturated carbocycles. The molecule has 0 aromatic carbocycles. The van der Waals surface area contributed by atoms with Gasteiger partial charge in [0.25, 0.3) is 0 Å². The van der Waals surface area contributed by atoms with Gasteiger partial charge in [-0.25, -0.2) is 4.79 Å².